The number of aromatic nitrogens is 4. The van der Waals surface area contributed by atoms with Crippen LogP contribution in [0.1, 0.15) is 47.2 Å². The molecule has 1 atom stereocenters. The maximum Gasteiger partial charge on any atom is 0.280 e. The van der Waals surface area contributed by atoms with Gasteiger partial charge in [-0.1, -0.05) is 35.8 Å². The summed E-state index contributed by atoms with van der Waals surface area (Å²) in [6, 6.07) is 7.96. The molecular weight excluding hydrogens is 449 g/mol. The number of hydrogen-bond acceptors (Lipinski definition) is 3. The number of halogens is 2. The minimum atomic E-state index is -0.596. The van der Waals surface area contributed by atoms with Gasteiger partial charge in [0, 0.05) is 53.0 Å². The molecule has 1 amide bonds. The Balaban J connectivity index is 0.00000106. The van der Waals surface area contributed by atoms with E-state index in [2.05, 4.69) is 26.0 Å². The van der Waals surface area contributed by atoms with E-state index in [4.69, 9.17) is 0 Å². The Labute approximate surface area is 182 Å². The fourth-order valence-electron chi connectivity index (χ4n) is 3.80. The van der Waals surface area contributed by atoms with E-state index < -0.39 is 6.04 Å². The zero-order chi connectivity index (χ0) is 21.6. The largest absolute Gasteiger partial charge is 0.307 e. The summed E-state index contributed by atoms with van der Waals surface area (Å²) in [7, 11) is 1.79. The zero-order valence-corrected chi connectivity index (χ0v) is 18.7. The number of carbonyl (C=O) groups excluding carboxylic acids is 1. The highest BCUT2D eigenvalue weighted by molar-refractivity contribution is 9.10. The van der Waals surface area contributed by atoms with Crippen molar-refractivity contribution < 1.29 is 9.18 Å². The number of aryl methyl sites for hydroxylation is 1. The molecule has 0 saturated carbocycles. The predicted octanol–water partition coefficient (Wildman–Crippen LogP) is 5.05. The number of amides is 1. The molecule has 154 valence electrons. The molecule has 0 fully saturated rings. The van der Waals surface area contributed by atoms with Gasteiger partial charge < -0.3 is 4.40 Å². The van der Waals surface area contributed by atoms with Gasteiger partial charge in [-0.3, -0.25) is 14.4 Å². The van der Waals surface area contributed by atoms with Gasteiger partial charge in [-0.25, -0.2) is 9.37 Å². The number of pyridine rings is 1. The first kappa shape index (κ1) is 20.3. The van der Waals surface area contributed by atoms with Crippen molar-refractivity contribution in [2.24, 2.45) is 7.05 Å². The first-order chi connectivity index (χ1) is 14.5. The number of benzene rings is 1. The summed E-state index contributed by atoms with van der Waals surface area (Å²) >= 11 is 3.30. The summed E-state index contributed by atoms with van der Waals surface area (Å²) in [5, 5.41) is 4.40. The highest BCUT2D eigenvalue weighted by Crippen LogP contribution is 2.43. The van der Waals surface area contributed by atoms with Gasteiger partial charge in [0.15, 0.2) is 5.69 Å². The predicted molar refractivity (Wildman–Crippen MR) is 117 cm³/mol. The Bertz CT molecular complexity index is 1260. The van der Waals surface area contributed by atoms with Gasteiger partial charge in [-0.15, -0.1) is 0 Å². The smallest absolute Gasteiger partial charge is 0.280 e. The summed E-state index contributed by atoms with van der Waals surface area (Å²) in [6.45, 7) is 5.89. The molecule has 8 heteroatoms. The van der Waals surface area contributed by atoms with Crippen LogP contribution in [0.5, 0.6) is 0 Å². The lowest BCUT2D eigenvalue weighted by molar-refractivity contribution is 0.0988. The zero-order valence-electron chi connectivity index (χ0n) is 17.1. The van der Waals surface area contributed by atoms with Gasteiger partial charge in [-0.05, 0) is 25.1 Å². The van der Waals surface area contributed by atoms with E-state index in [1.807, 2.05) is 49.7 Å². The quantitative estimate of drug-likeness (QED) is 0.412. The van der Waals surface area contributed by atoms with Gasteiger partial charge in [0.2, 0.25) is 0 Å². The molecule has 1 aliphatic heterocycles. The molecular formula is C22H21BrFN5O. The normalized spacial score (nSPS) is 15.3. The third-order valence-electron chi connectivity index (χ3n) is 5.25. The molecule has 1 unspecified atom stereocenters. The number of imidazole rings is 1. The second-order valence-corrected chi connectivity index (χ2v) is 7.71. The van der Waals surface area contributed by atoms with E-state index in [1.165, 1.54) is 6.07 Å². The molecule has 3 aromatic heterocycles. The van der Waals surface area contributed by atoms with Crippen LogP contribution in [0.2, 0.25) is 0 Å². The molecule has 0 radical (unpaired) electrons. The molecule has 6 nitrogen and oxygen atoms in total. The third kappa shape index (κ3) is 3.02. The summed E-state index contributed by atoms with van der Waals surface area (Å²) in [5.41, 5.74) is 3.71. The van der Waals surface area contributed by atoms with Crippen LogP contribution in [-0.2, 0) is 7.05 Å². The van der Waals surface area contributed by atoms with Crippen molar-refractivity contribution in [3.05, 3.63) is 81.7 Å². The molecule has 0 saturated heterocycles. The lowest BCUT2D eigenvalue weighted by atomic mass is 9.98. The van der Waals surface area contributed by atoms with Gasteiger partial charge in [0.05, 0.1) is 11.7 Å². The lowest BCUT2D eigenvalue weighted by Gasteiger charge is -2.27. The Morgan fingerprint density at radius 1 is 1.13 bits per heavy atom. The van der Waals surface area contributed by atoms with Crippen molar-refractivity contribution in [2.45, 2.75) is 26.8 Å². The molecule has 0 N–H and O–H groups in total. The van der Waals surface area contributed by atoms with Crippen LogP contribution >= 0.6 is 15.9 Å². The molecule has 4 heterocycles. The lowest BCUT2D eigenvalue weighted by Crippen LogP contribution is -2.30. The summed E-state index contributed by atoms with van der Waals surface area (Å²) in [5.74, 6) is -0.628. The fraction of sp³-hybridized carbons (Fsp3) is 0.227. The number of rotatable bonds is 2. The first-order valence-corrected chi connectivity index (χ1v) is 10.5. The first-order valence-electron chi connectivity index (χ1n) is 9.70. The van der Waals surface area contributed by atoms with Crippen LogP contribution in [-0.4, -0.2) is 25.1 Å². The molecule has 0 aliphatic carbocycles. The minimum Gasteiger partial charge on any atom is -0.307 e. The van der Waals surface area contributed by atoms with E-state index in [0.29, 0.717) is 27.1 Å². The van der Waals surface area contributed by atoms with Gasteiger partial charge in [0.25, 0.3) is 5.91 Å². The highest BCUT2D eigenvalue weighted by Gasteiger charge is 2.44. The highest BCUT2D eigenvalue weighted by atomic mass is 79.9. The van der Waals surface area contributed by atoms with E-state index >= 15 is 0 Å². The van der Waals surface area contributed by atoms with Crippen molar-refractivity contribution in [3.8, 4) is 0 Å². The van der Waals surface area contributed by atoms with Crippen LogP contribution in [0.25, 0.3) is 5.65 Å². The monoisotopic (exact) mass is 469 g/mol. The fourth-order valence-corrected chi connectivity index (χ4v) is 4.14. The van der Waals surface area contributed by atoms with E-state index in [0.717, 1.165) is 11.3 Å². The van der Waals surface area contributed by atoms with Crippen molar-refractivity contribution in [3.63, 3.8) is 0 Å². The molecule has 0 bridgehead atoms. The van der Waals surface area contributed by atoms with Crippen LogP contribution in [0.3, 0.4) is 0 Å². The average molecular weight is 470 g/mol. The Morgan fingerprint density at radius 2 is 1.90 bits per heavy atom. The van der Waals surface area contributed by atoms with Crippen LogP contribution in [0, 0.1) is 12.7 Å². The van der Waals surface area contributed by atoms with Crippen LogP contribution in [0.4, 0.5) is 10.1 Å². The van der Waals surface area contributed by atoms with Crippen molar-refractivity contribution in [1.29, 1.82) is 0 Å². The second-order valence-electron chi connectivity index (χ2n) is 6.79. The number of carbonyl (C=O) groups is 1. The molecule has 5 rings (SSSR count). The Morgan fingerprint density at radius 3 is 2.63 bits per heavy atom. The van der Waals surface area contributed by atoms with E-state index in [-0.39, 0.29) is 11.7 Å². The Kier molecular flexibility index (Phi) is 5.19. The maximum absolute atomic E-state index is 14.9. The summed E-state index contributed by atoms with van der Waals surface area (Å²) in [6.07, 6.45) is 5.36. The Hall–Kier alpha value is -3.00. The van der Waals surface area contributed by atoms with Gasteiger partial charge >= 0.3 is 0 Å². The minimum absolute atomic E-state index is 0.248. The molecule has 1 aliphatic rings. The summed E-state index contributed by atoms with van der Waals surface area (Å²) in [4.78, 5) is 19.2. The summed E-state index contributed by atoms with van der Waals surface area (Å²) < 4.78 is 19.1. The van der Waals surface area contributed by atoms with E-state index in [9.17, 15) is 9.18 Å². The number of fused-ring (bicyclic) bond motifs is 2. The van der Waals surface area contributed by atoms with Crippen molar-refractivity contribution >= 4 is 33.2 Å². The molecule has 0 spiro atoms. The van der Waals surface area contributed by atoms with E-state index in [1.54, 1.807) is 35.0 Å². The number of anilines is 1. The number of hydrogen-bond donors (Lipinski definition) is 0. The third-order valence-corrected chi connectivity index (χ3v) is 5.74. The van der Waals surface area contributed by atoms with Gasteiger partial charge in [-0.2, -0.15) is 5.10 Å². The van der Waals surface area contributed by atoms with Crippen LogP contribution in [0.15, 0.2) is 53.4 Å². The number of nitrogens with zero attached hydrogens (tertiary/aromatic N) is 5. The van der Waals surface area contributed by atoms with Gasteiger partial charge in [0.1, 0.15) is 11.5 Å². The molecule has 30 heavy (non-hydrogen) atoms. The second kappa shape index (κ2) is 7.68. The topological polar surface area (TPSA) is 55.4 Å². The standard InChI is InChI=1S/C20H15BrFN5O.C2H6/c1-11-17-18(24-25(11)2)20(28)27(13-5-7-26-8-6-23-16(26)10-13)19(17)14-4-3-12(21)9-15(14)22;1-2/h3-10,19H,1-2H3;1-2H3. The SMILES string of the molecule is CC.Cc1c2c(nn1C)C(=O)N(c1ccn3ccnc3c1)C2c1ccc(Br)cc1F. The molecule has 4 aromatic rings. The van der Waals surface area contributed by atoms with Crippen molar-refractivity contribution in [2.75, 3.05) is 4.90 Å². The van der Waals surface area contributed by atoms with Crippen molar-refractivity contribution in [1.82, 2.24) is 19.2 Å². The maximum atomic E-state index is 14.9. The molecule has 1 aromatic carbocycles. The van der Waals surface area contributed by atoms with Crippen LogP contribution < -0.4 is 4.90 Å². The average Bonchev–Trinajstić information content (AvgIpc) is 3.39.